The zero-order valence-corrected chi connectivity index (χ0v) is 19.9. The fraction of sp³-hybridized carbons (Fsp3) is 0.0800. The summed E-state index contributed by atoms with van der Waals surface area (Å²) in [6.07, 6.45) is 0. The normalized spacial score (nSPS) is 9.68. The van der Waals surface area contributed by atoms with Gasteiger partial charge in [0.25, 0.3) is 0 Å². The Balaban J connectivity index is 0.000000458. The number of aromatic carboxylic acids is 1. The molecule has 7 N–H and O–H groups in total. The number of nitrogens with two attached hydrogens (primary N) is 2. The molecule has 0 fully saturated rings. The van der Waals surface area contributed by atoms with Gasteiger partial charge in [0.15, 0.2) is 5.96 Å². The third-order valence-corrected chi connectivity index (χ3v) is 4.41. The molecule has 3 rings (SSSR count). The molecule has 37 heavy (non-hydrogen) atoms. The van der Waals surface area contributed by atoms with Crippen molar-refractivity contribution in [1.29, 1.82) is 5.41 Å². The Morgan fingerprint density at radius 1 is 0.784 bits per heavy atom. The van der Waals surface area contributed by atoms with Crippen LogP contribution in [0.5, 0.6) is 17.2 Å². The van der Waals surface area contributed by atoms with E-state index < -0.39 is 17.9 Å². The summed E-state index contributed by atoms with van der Waals surface area (Å²) in [5.74, 6) is -3.52. The number of carboxylic acid groups (broad SMARTS) is 1. The van der Waals surface area contributed by atoms with Crippen LogP contribution < -0.4 is 20.9 Å². The van der Waals surface area contributed by atoms with Crippen LogP contribution in [0.2, 0.25) is 0 Å². The van der Waals surface area contributed by atoms with Crippen molar-refractivity contribution >= 4 is 29.8 Å². The lowest BCUT2D eigenvalue weighted by atomic mass is 10.1. The van der Waals surface area contributed by atoms with Crippen LogP contribution in [0.1, 0.15) is 31.1 Å². The van der Waals surface area contributed by atoms with Crippen molar-refractivity contribution in [2.45, 2.75) is 0 Å². The van der Waals surface area contributed by atoms with E-state index in [1.807, 2.05) is 0 Å². The highest BCUT2D eigenvalue weighted by Crippen LogP contribution is 2.25. The maximum absolute atomic E-state index is 12.5. The predicted molar refractivity (Wildman–Crippen MR) is 135 cm³/mol. The summed E-state index contributed by atoms with van der Waals surface area (Å²) in [5.41, 5.74) is 9.66. The second kappa shape index (κ2) is 12.9. The molecule has 0 bridgehead atoms. The molecule has 3 aromatic carbocycles. The summed E-state index contributed by atoms with van der Waals surface area (Å²) >= 11 is 0. The van der Waals surface area contributed by atoms with E-state index in [9.17, 15) is 24.6 Å². The number of phenolic OH excluding ortho intramolecular Hbond substituents is 1. The van der Waals surface area contributed by atoms with Crippen LogP contribution in [0.4, 0.5) is 0 Å². The molecule has 192 valence electrons. The van der Waals surface area contributed by atoms with Gasteiger partial charge in [-0.2, -0.15) is 4.99 Å². The average molecular weight is 508 g/mol. The number of phenols is 1. The first-order valence-electron chi connectivity index (χ1n) is 10.5. The fourth-order valence-electron chi connectivity index (χ4n) is 2.63. The van der Waals surface area contributed by atoms with E-state index in [0.717, 1.165) is 0 Å². The minimum absolute atomic E-state index is 0.0509. The van der Waals surface area contributed by atoms with Crippen molar-refractivity contribution in [2.75, 3.05) is 14.1 Å². The number of hydrogen-bond acceptors (Lipinski definition) is 7. The van der Waals surface area contributed by atoms with E-state index in [0.29, 0.717) is 0 Å². The molecule has 0 radical (unpaired) electrons. The molecule has 0 saturated carbocycles. The number of hydrogen-bond donors (Lipinski definition) is 5. The molecule has 12 heteroatoms. The van der Waals surface area contributed by atoms with E-state index in [2.05, 4.69) is 4.99 Å². The van der Waals surface area contributed by atoms with Crippen molar-refractivity contribution in [3.05, 3.63) is 89.5 Å². The van der Waals surface area contributed by atoms with E-state index >= 15 is 0 Å². The summed E-state index contributed by atoms with van der Waals surface area (Å²) < 4.78 is 10.4. The molecule has 0 amide bonds. The van der Waals surface area contributed by atoms with Crippen LogP contribution >= 0.6 is 0 Å². The number of ether oxygens (including phenoxy) is 2. The second-order valence-electron chi connectivity index (χ2n) is 7.35. The number of aliphatic imine (C=N–C) groups is 1. The Labute approximate surface area is 211 Å². The minimum atomic E-state index is -1.25. The van der Waals surface area contributed by atoms with Crippen LogP contribution in [-0.4, -0.2) is 59.0 Å². The summed E-state index contributed by atoms with van der Waals surface area (Å²) in [6.45, 7) is 0. The quantitative estimate of drug-likeness (QED) is 0.148. The molecule has 3 aromatic rings. The summed E-state index contributed by atoms with van der Waals surface area (Å²) in [4.78, 5) is 41.1. The van der Waals surface area contributed by atoms with Gasteiger partial charge in [0.05, 0.1) is 0 Å². The van der Waals surface area contributed by atoms with Gasteiger partial charge in [-0.05, 0) is 36.4 Å². The number of para-hydroxylation sites is 3. The molecular formula is C25H25N5O7. The number of esters is 2. The molecule has 0 aliphatic rings. The first-order chi connectivity index (χ1) is 17.5. The lowest BCUT2D eigenvalue weighted by molar-refractivity contribution is 0.0681. The smallest absolute Gasteiger partial charge is 0.347 e. The molecule has 0 heterocycles. The highest BCUT2D eigenvalue weighted by molar-refractivity contribution is 5.99. The van der Waals surface area contributed by atoms with Gasteiger partial charge in [-0.15, -0.1) is 0 Å². The fourth-order valence-corrected chi connectivity index (χ4v) is 2.63. The predicted octanol–water partition coefficient (Wildman–Crippen LogP) is 2.28. The number of nitrogens with zero attached hydrogens (tertiary/aromatic N) is 2. The molecule has 0 atom stereocenters. The Morgan fingerprint density at radius 3 is 1.68 bits per heavy atom. The van der Waals surface area contributed by atoms with Crippen molar-refractivity contribution in [3.8, 4) is 17.2 Å². The maximum Gasteiger partial charge on any atom is 0.347 e. The molecule has 0 spiro atoms. The molecule has 0 aliphatic carbocycles. The lowest BCUT2D eigenvalue weighted by Crippen LogP contribution is -2.28. The third-order valence-electron chi connectivity index (χ3n) is 4.41. The van der Waals surface area contributed by atoms with Crippen molar-refractivity contribution in [3.63, 3.8) is 0 Å². The van der Waals surface area contributed by atoms with Crippen molar-refractivity contribution in [1.82, 2.24) is 4.90 Å². The summed E-state index contributed by atoms with van der Waals surface area (Å²) in [6, 6.07) is 17.3. The van der Waals surface area contributed by atoms with E-state index in [1.165, 1.54) is 59.5 Å². The number of benzene rings is 3. The number of aromatic hydroxyl groups is 1. The molecule has 0 saturated heterocycles. The van der Waals surface area contributed by atoms with E-state index in [-0.39, 0.29) is 45.9 Å². The first-order valence-corrected chi connectivity index (χ1v) is 10.5. The first kappa shape index (κ1) is 27.9. The number of carbonyl (C=O) groups is 3. The minimum Gasteiger partial charge on any atom is -0.507 e. The summed E-state index contributed by atoms with van der Waals surface area (Å²) in [7, 11) is 3.38. The highest BCUT2D eigenvalue weighted by atomic mass is 16.6. The Bertz CT molecular complexity index is 1330. The average Bonchev–Trinajstić information content (AvgIpc) is 2.84. The van der Waals surface area contributed by atoms with Gasteiger partial charge >= 0.3 is 17.9 Å². The molecule has 0 unspecified atom stereocenters. The standard InChI is InChI=1S/C21H14O7.C4H11N5/c22-16-10-4-1-7-13(16)20(25)28-18-12-6-3-9-15(18)21(26)27-17-11-5-2-8-14(17)19(23)24;1-9(2)4(7)8-3(5)6/h1-12,22H,(H,23,24);1-2H3,(H5,5,6,7,8). The number of nitrogens with one attached hydrogen (secondary N) is 1. The largest absolute Gasteiger partial charge is 0.507 e. The van der Waals surface area contributed by atoms with E-state index in [1.54, 1.807) is 32.3 Å². The second-order valence-corrected chi connectivity index (χ2v) is 7.35. The molecule has 0 aromatic heterocycles. The lowest BCUT2D eigenvalue weighted by Gasteiger charge is -2.11. The van der Waals surface area contributed by atoms with Gasteiger partial charge in [0.2, 0.25) is 5.96 Å². The van der Waals surface area contributed by atoms with Gasteiger partial charge in [-0.1, -0.05) is 36.4 Å². The number of rotatable bonds is 5. The van der Waals surface area contributed by atoms with Crippen molar-refractivity contribution in [2.24, 2.45) is 16.5 Å². The highest BCUT2D eigenvalue weighted by Gasteiger charge is 2.21. The van der Waals surface area contributed by atoms with Crippen LogP contribution in [-0.2, 0) is 0 Å². The SMILES string of the molecule is CN(C)C(=N)N=C(N)N.O=C(Oc1ccccc1C(=O)Oc1ccccc1C(=O)O)c1ccccc1O. The van der Waals surface area contributed by atoms with Gasteiger partial charge in [-0.3, -0.25) is 5.41 Å². The van der Waals surface area contributed by atoms with Crippen LogP contribution in [0.15, 0.2) is 77.8 Å². The number of carbonyl (C=O) groups excluding carboxylic acids is 2. The zero-order chi connectivity index (χ0) is 27.5. The van der Waals surface area contributed by atoms with Gasteiger partial charge in [0.1, 0.15) is 33.9 Å². The summed E-state index contributed by atoms with van der Waals surface area (Å²) in [5, 5.41) is 26.0. The third kappa shape index (κ3) is 8.10. The van der Waals surface area contributed by atoms with Gasteiger partial charge < -0.3 is 36.1 Å². The zero-order valence-electron chi connectivity index (χ0n) is 19.9. The maximum atomic E-state index is 12.5. The Hall–Kier alpha value is -5.39. The van der Waals surface area contributed by atoms with Crippen LogP contribution in [0, 0.1) is 5.41 Å². The monoisotopic (exact) mass is 507 g/mol. The van der Waals surface area contributed by atoms with Crippen LogP contribution in [0.3, 0.4) is 0 Å². The van der Waals surface area contributed by atoms with Gasteiger partial charge in [0, 0.05) is 14.1 Å². The molecule has 12 nitrogen and oxygen atoms in total. The number of carboxylic acids is 1. The Morgan fingerprint density at radius 2 is 1.22 bits per heavy atom. The van der Waals surface area contributed by atoms with E-state index in [4.69, 9.17) is 26.4 Å². The molecule has 0 aliphatic heterocycles. The van der Waals surface area contributed by atoms with Crippen LogP contribution in [0.25, 0.3) is 0 Å². The Kier molecular flexibility index (Phi) is 9.71. The molecular weight excluding hydrogens is 482 g/mol. The number of guanidine groups is 2. The topological polar surface area (TPSA) is 202 Å². The van der Waals surface area contributed by atoms with Crippen molar-refractivity contribution < 1.29 is 34.1 Å². The van der Waals surface area contributed by atoms with Gasteiger partial charge in [-0.25, -0.2) is 14.4 Å².